The number of carboxylic acid groups (broad SMARTS) is 1. The second kappa shape index (κ2) is 9.22. The molecule has 0 aliphatic heterocycles. The van der Waals surface area contributed by atoms with Gasteiger partial charge in [-0.05, 0) is 40.6 Å². The fourth-order valence-electron chi connectivity index (χ4n) is 3.53. The molecule has 0 bridgehead atoms. The second-order valence-electron chi connectivity index (χ2n) is 7.44. The Balaban J connectivity index is 1.30. The summed E-state index contributed by atoms with van der Waals surface area (Å²) < 4.78 is 0. The van der Waals surface area contributed by atoms with Gasteiger partial charge >= 0.3 is 5.97 Å². The van der Waals surface area contributed by atoms with Gasteiger partial charge in [0.05, 0.1) is 22.7 Å². The lowest BCUT2D eigenvalue weighted by atomic mass is 10.1. The molecule has 5 aromatic rings. The maximum Gasteiger partial charge on any atom is 0.336 e. The monoisotopic (exact) mass is 453 g/mol. The molecule has 0 saturated heterocycles. The van der Waals surface area contributed by atoms with Crippen LogP contribution in [0.3, 0.4) is 0 Å². The molecule has 2 heterocycles. The highest BCUT2D eigenvalue weighted by molar-refractivity contribution is 7.98. The van der Waals surface area contributed by atoms with Gasteiger partial charge in [0.1, 0.15) is 0 Å². The van der Waals surface area contributed by atoms with Crippen LogP contribution in [-0.2, 0) is 12.3 Å². The van der Waals surface area contributed by atoms with E-state index >= 15 is 0 Å². The zero-order valence-corrected chi connectivity index (χ0v) is 18.3. The molecule has 0 radical (unpaired) electrons. The Morgan fingerprint density at radius 2 is 1.79 bits per heavy atom. The van der Waals surface area contributed by atoms with E-state index in [4.69, 9.17) is 4.98 Å². The Morgan fingerprint density at radius 3 is 2.70 bits per heavy atom. The third-order valence-corrected chi connectivity index (χ3v) is 6.16. The van der Waals surface area contributed by atoms with Crippen LogP contribution in [0, 0.1) is 0 Å². The molecule has 0 spiro atoms. The van der Waals surface area contributed by atoms with Crippen molar-refractivity contribution in [1.82, 2.24) is 25.2 Å². The molecule has 33 heavy (non-hydrogen) atoms. The summed E-state index contributed by atoms with van der Waals surface area (Å²) in [7, 11) is 0. The molecule has 0 amide bonds. The quantitative estimate of drug-likeness (QED) is 0.349. The standard InChI is InChI=1S/C25H19N5O2S/c31-25(32)21-10-3-1-8-20(21)15-30-28-24(27-29-30)19-9-5-6-17(14-19)16-33-23-13-12-18-7-2-4-11-22(18)26-23/h1-14H,15-16H2,(H,31,32). The number of fused-ring (bicyclic) bond motifs is 1. The molecule has 1 N–H and O–H groups in total. The molecule has 5 rings (SSSR count). The van der Waals surface area contributed by atoms with Crippen molar-refractivity contribution in [3.05, 3.63) is 102 Å². The normalized spacial score (nSPS) is 11.0. The predicted molar refractivity (Wildman–Crippen MR) is 127 cm³/mol. The number of aromatic carboxylic acids is 1. The number of tetrazole rings is 1. The largest absolute Gasteiger partial charge is 0.478 e. The first kappa shape index (κ1) is 20.8. The molecular formula is C25H19N5O2S. The minimum Gasteiger partial charge on any atom is -0.478 e. The van der Waals surface area contributed by atoms with Crippen LogP contribution >= 0.6 is 11.8 Å². The number of aromatic nitrogens is 5. The third kappa shape index (κ3) is 4.75. The fraction of sp³-hybridized carbons (Fsp3) is 0.0800. The number of rotatable bonds is 7. The van der Waals surface area contributed by atoms with Gasteiger partial charge in [-0.2, -0.15) is 4.80 Å². The average molecular weight is 454 g/mol. The first-order valence-electron chi connectivity index (χ1n) is 10.3. The van der Waals surface area contributed by atoms with E-state index in [1.165, 1.54) is 4.80 Å². The van der Waals surface area contributed by atoms with Gasteiger partial charge in [0, 0.05) is 16.7 Å². The van der Waals surface area contributed by atoms with Gasteiger partial charge in [-0.1, -0.05) is 60.7 Å². The van der Waals surface area contributed by atoms with Gasteiger partial charge < -0.3 is 5.11 Å². The number of pyridine rings is 1. The smallest absolute Gasteiger partial charge is 0.336 e. The van der Waals surface area contributed by atoms with E-state index in [1.807, 2.05) is 42.5 Å². The van der Waals surface area contributed by atoms with Crippen LogP contribution in [0.5, 0.6) is 0 Å². The predicted octanol–water partition coefficient (Wildman–Crippen LogP) is 4.93. The topological polar surface area (TPSA) is 93.8 Å². The summed E-state index contributed by atoms with van der Waals surface area (Å²) in [6.45, 7) is 0.235. The molecule has 0 aliphatic carbocycles. The number of carboxylic acids is 1. The summed E-state index contributed by atoms with van der Waals surface area (Å²) in [4.78, 5) is 17.6. The Bertz CT molecular complexity index is 1450. The van der Waals surface area contributed by atoms with Gasteiger partial charge in [-0.15, -0.1) is 22.0 Å². The average Bonchev–Trinajstić information content (AvgIpc) is 3.31. The number of carbonyl (C=O) groups is 1. The molecule has 0 aliphatic rings. The SMILES string of the molecule is O=C(O)c1ccccc1Cn1nnc(-c2cccc(CSc3ccc4ccccc4n3)c2)n1. The van der Waals surface area contributed by atoms with E-state index in [0.717, 1.165) is 32.8 Å². The lowest BCUT2D eigenvalue weighted by molar-refractivity contribution is 0.0695. The summed E-state index contributed by atoms with van der Waals surface area (Å²) >= 11 is 1.68. The van der Waals surface area contributed by atoms with Crippen LogP contribution in [0.2, 0.25) is 0 Å². The minimum atomic E-state index is -0.975. The Labute approximate surface area is 194 Å². The van der Waals surface area contributed by atoms with Gasteiger partial charge in [0.15, 0.2) is 0 Å². The number of nitrogens with zero attached hydrogens (tertiary/aromatic N) is 5. The number of hydrogen-bond acceptors (Lipinski definition) is 6. The number of para-hydroxylation sites is 1. The highest BCUT2D eigenvalue weighted by Gasteiger charge is 2.12. The van der Waals surface area contributed by atoms with E-state index in [2.05, 4.69) is 33.6 Å². The summed E-state index contributed by atoms with van der Waals surface area (Å²) in [5.41, 5.74) is 3.83. The van der Waals surface area contributed by atoms with Crippen molar-refractivity contribution in [2.45, 2.75) is 17.3 Å². The molecular weight excluding hydrogens is 434 g/mol. The number of thioether (sulfide) groups is 1. The van der Waals surface area contributed by atoms with Crippen LogP contribution in [0.15, 0.2) is 90.0 Å². The number of benzene rings is 3. The molecule has 3 aromatic carbocycles. The van der Waals surface area contributed by atoms with Crippen LogP contribution in [0.1, 0.15) is 21.5 Å². The summed E-state index contributed by atoms with van der Waals surface area (Å²) in [6, 6.07) is 27.0. The minimum absolute atomic E-state index is 0.234. The zero-order valence-electron chi connectivity index (χ0n) is 17.5. The third-order valence-electron chi connectivity index (χ3n) is 5.16. The maximum atomic E-state index is 11.4. The van der Waals surface area contributed by atoms with E-state index in [9.17, 15) is 9.90 Å². The fourth-order valence-corrected chi connectivity index (χ4v) is 4.35. The Morgan fingerprint density at radius 1 is 0.939 bits per heavy atom. The summed E-state index contributed by atoms with van der Waals surface area (Å²) in [6.07, 6.45) is 0. The lowest BCUT2D eigenvalue weighted by Gasteiger charge is -2.05. The second-order valence-corrected chi connectivity index (χ2v) is 8.43. The molecule has 7 nitrogen and oxygen atoms in total. The molecule has 8 heteroatoms. The van der Waals surface area contributed by atoms with Gasteiger partial charge in [-0.3, -0.25) is 0 Å². The maximum absolute atomic E-state index is 11.4. The van der Waals surface area contributed by atoms with Crippen molar-refractivity contribution in [3.8, 4) is 11.4 Å². The Hall–Kier alpha value is -4.04. The van der Waals surface area contributed by atoms with Crippen LogP contribution in [0.25, 0.3) is 22.3 Å². The first-order valence-corrected chi connectivity index (χ1v) is 11.3. The molecule has 0 saturated carbocycles. The van der Waals surface area contributed by atoms with Gasteiger partial charge in [0.2, 0.25) is 5.82 Å². The van der Waals surface area contributed by atoms with Crippen molar-refractivity contribution in [2.75, 3.05) is 0 Å². The first-order chi connectivity index (χ1) is 16.2. The van der Waals surface area contributed by atoms with Crippen molar-refractivity contribution in [2.24, 2.45) is 0 Å². The van der Waals surface area contributed by atoms with E-state index in [0.29, 0.717) is 11.4 Å². The molecule has 0 atom stereocenters. The number of hydrogen-bond donors (Lipinski definition) is 1. The van der Waals surface area contributed by atoms with Crippen LogP contribution < -0.4 is 0 Å². The highest BCUT2D eigenvalue weighted by Crippen LogP contribution is 2.25. The van der Waals surface area contributed by atoms with Crippen LogP contribution in [0.4, 0.5) is 0 Å². The van der Waals surface area contributed by atoms with Gasteiger partial charge in [0.25, 0.3) is 0 Å². The van der Waals surface area contributed by atoms with Crippen molar-refractivity contribution in [1.29, 1.82) is 0 Å². The van der Waals surface area contributed by atoms with Crippen molar-refractivity contribution >= 4 is 28.6 Å². The summed E-state index contributed by atoms with van der Waals surface area (Å²) in [5, 5.41) is 24.2. The van der Waals surface area contributed by atoms with E-state index in [1.54, 1.807) is 36.0 Å². The van der Waals surface area contributed by atoms with Crippen LogP contribution in [-0.4, -0.2) is 36.3 Å². The molecule has 2 aromatic heterocycles. The molecule has 0 fully saturated rings. The summed E-state index contributed by atoms with van der Waals surface area (Å²) in [5.74, 6) is 0.287. The molecule has 0 unspecified atom stereocenters. The Kier molecular flexibility index (Phi) is 5.82. The highest BCUT2D eigenvalue weighted by atomic mass is 32.2. The van der Waals surface area contributed by atoms with Crippen molar-refractivity contribution < 1.29 is 9.90 Å². The van der Waals surface area contributed by atoms with E-state index in [-0.39, 0.29) is 12.1 Å². The molecule has 162 valence electrons. The van der Waals surface area contributed by atoms with Crippen molar-refractivity contribution in [3.63, 3.8) is 0 Å². The van der Waals surface area contributed by atoms with E-state index < -0.39 is 5.97 Å². The lowest BCUT2D eigenvalue weighted by Crippen LogP contribution is -2.09. The zero-order chi connectivity index (χ0) is 22.6. The van der Waals surface area contributed by atoms with Gasteiger partial charge in [-0.25, -0.2) is 9.78 Å².